The zero-order valence-corrected chi connectivity index (χ0v) is 12.1. The molecule has 0 fully saturated rings. The molecule has 30 valence electrons. The second kappa shape index (κ2) is 10.7. The maximum Gasteiger partial charge on any atom is 0.566 e. The van der Waals surface area contributed by atoms with Crippen molar-refractivity contribution in [1.82, 2.24) is 0 Å². The molecule has 0 spiro atoms. The smallest absolute Gasteiger partial charge is 0.414 e. The van der Waals surface area contributed by atoms with Crippen LogP contribution >= 0.6 is 11.5 Å². The molecule has 0 bridgehead atoms. The fourth-order valence-electron chi connectivity index (χ4n) is 0. The van der Waals surface area contributed by atoms with Crippen molar-refractivity contribution in [3.63, 3.8) is 0 Å². The van der Waals surface area contributed by atoms with E-state index in [4.69, 9.17) is 10.0 Å². The van der Waals surface area contributed by atoms with E-state index < -0.39 is 6.53 Å². The Morgan fingerprint density at radius 3 is 1.33 bits per heavy atom. The molecule has 0 atom stereocenters. The van der Waals surface area contributed by atoms with Gasteiger partial charge in [-0.25, -0.2) is 0 Å². The maximum atomic E-state index is 7.38. The minimum Gasteiger partial charge on any atom is -0.414 e. The van der Waals surface area contributed by atoms with Crippen LogP contribution in [-0.4, -0.2) is 92.8 Å². The number of halogens is 1. The second-order valence-electron chi connectivity index (χ2n) is 0.311. The number of hydrogen-bond acceptors (Lipinski definition) is 2. The summed E-state index contributed by atoms with van der Waals surface area (Å²) in [6.07, 6.45) is 0. The van der Waals surface area contributed by atoms with Gasteiger partial charge < -0.3 is 10.0 Å². The van der Waals surface area contributed by atoms with Gasteiger partial charge in [0.05, 0.1) is 0 Å². The van der Waals surface area contributed by atoms with Crippen molar-refractivity contribution in [2.75, 3.05) is 0 Å². The summed E-state index contributed by atoms with van der Waals surface area (Å²) in [6, 6.07) is 0. The van der Waals surface area contributed by atoms with Crippen LogP contribution in [0.4, 0.5) is 0 Å². The Hall–Kier alpha value is 2.77. The standard InChI is InChI=1S/BClH2O2.Ba.Pb/c2-1(3)4;;/h3-4H;;. The molecule has 0 aliphatic heterocycles. The molecule has 0 aliphatic rings. The van der Waals surface area contributed by atoms with E-state index in [9.17, 15) is 0 Å². The molecular weight excluding hydrogens is 423 g/mol. The van der Waals surface area contributed by atoms with Crippen molar-refractivity contribution in [3.05, 3.63) is 0 Å². The van der Waals surface area contributed by atoms with Gasteiger partial charge >= 0.3 is 6.53 Å². The summed E-state index contributed by atoms with van der Waals surface area (Å²) >= 11 is 4.39. The van der Waals surface area contributed by atoms with E-state index in [-0.39, 0.29) is 76.2 Å². The fourth-order valence-corrected chi connectivity index (χ4v) is 0. The van der Waals surface area contributed by atoms with Gasteiger partial charge in [-0.05, 0) is 0 Å². The van der Waals surface area contributed by atoms with Crippen molar-refractivity contribution in [2.45, 2.75) is 0 Å². The quantitative estimate of drug-likeness (QED) is 0.462. The summed E-state index contributed by atoms with van der Waals surface area (Å²) in [5.74, 6) is 0. The predicted octanol–water partition coefficient (Wildman–Crippen LogP) is -1.57. The van der Waals surface area contributed by atoms with E-state index in [1.165, 1.54) is 0 Å². The predicted molar refractivity (Wildman–Crippen MR) is 27.6 cm³/mol. The molecule has 0 aliphatic carbocycles. The monoisotopic (exact) mass is 426 g/mol. The first kappa shape index (κ1) is 15.9. The molecule has 0 aromatic carbocycles. The van der Waals surface area contributed by atoms with E-state index in [0.29, 0.717) is 0 Å². The van der Waals surface area contributed by atoms with Gasteiger partial charge in [0.15, 0.2) is 0 Å². The van der Waals surface area contributed by atoms with E-state index in [1.54, 1.807) is 0 Å². The molecule has 0 heterocycles. The molecule has 0 aromatic heterocycles. The van der Waals surface area contributed by atoms with Crippen LogP contribution in [0.1, 0.15) is 0 Å². The zero-order chi connectivity index (χ0) is 3.58. The first-order valence-corrected chi connectivity index (χ1v) is 1.17. The third kappa shape index (κ3) is 29.4. The SMILES string of the molecule is OB(O)Cl.[Ba].[Pb]. The van der Waals surface area contributed by atoms with Crippen molar-refractivity contribution in [2.24, 2.45) is 0 Å². The van der Waals surface area contributed by atoms with Crippen LogP contribution in [0.5, 0.6) is 0 Å². The van der Waals surface area contributed by atoms with Crippen LogP contribution in [0.3, 0.4) is 0 Å². The normalized spacial score (nSPS) is 4.50. The molecule has 0 aromatic rings. The van der Waals surface area contributed by atoms with E-state index >= 15 is 0 Å². The van der Waals surface area contributed by atoms with Gasteiger partial charge in [-0.15, -0.1) is 11.5 Å². The Labute approximate surface area is 102 Å². The van der Waals surface area contributed by atoms with Crippen LogP contribution < -0.4 is 0 Å². The van der Waals surface area contributed by atoms with Crippen LogP contribution in [0.25, 0.3) is 0 Å². The summed E-state index contributed by atoms with van der Waals surface area (Å²) < 4.78 is 0. The molecule has 6 heavy (non-hydrogen) atoms. The summed E-state index contributed by atoms with van der Waals surface area (Å²) in [5, 5.41) is 14.8. The first-order valence-electron chi connectivity index (χ1n) is 0.735. The largest absolute Gasteiger partial charge is 0.566 e. The van der Waals surface area contributed by atoms with Crippen LogP contribution in [0.15, 0.2) is 0 Å². The number of hydrogen-bond donors (Lipinski definition) is 2. The minimum absolute atomic E-state index is 0. The fraction of sp³-hybridized carbons (Fsp3) is 0. The Bertz CT molecular complexity index is 18.3. The van der Waals surface area contributed by atoms with Gasteiger partial charge in [0.2, 0.25) is 0 Å². The van der Waals surface area contributed by atoms with Crippen LogP contribution in [-0.2, 0) is 0 Å². The first-order chi connectivity index (χ1) is 1.73. The van der Waals surface area contributed by atoms with Crippen molar-refractivity contribution >= 4 is 94.2 Å². The van der Waals surface area contributed by atoms with E-state index in [0.717, 1.165) is 0 Å². The molecule has 6 heteroatoms. The molecule has 2 N–H and O–H groups in total. The van der Waals surface area contributed by atoms with Crippen LogP contribution in [0, 0.1) is 0 Å². The molecule has 6 radical (unpaired) electrons. The Kier molecular flexibility index (Phi) is 28.3. The average molecular weight is 425 g/mol. The van der Waals surface area contributed by atoms with Gasteiger partial charge in [-0.3, -0.25) is 0 Å². The summed E-state index contributed by atoms with van der Waals surface area (Å²) in [7, 11) is 0. The maximum absolute atomic E-state index is 7.38. The molecule has 0 rings (SSSR count). The molecule has 2 nitrogen and oxygen atoms in total. The Morgan fingerprint density at radius 1 is 1.33 bits per heavy atom. The van der Waals surface area contributed by atoms with Gasteiger partial charge in [-0.2, -0.15) is 0 Å². The summed E-state index contributed by atoms with van der Waals surface area (Å²) in [5.41, 5.74) is 0. The molecule has 0 amide bonds. The van der Waals surface area contributed by atoms with Gasteiger partial charge in [0, 0.05) is 76.2 Å². The van der Waals surface area contributed by atoms with Gasteiger partial charge in [-0.1, -0.05) is 0 Å². The minimum atomic E-state index is -1.69. The third-order valence-electron chi connectivity index (χ3n) is 0. The third-order valence-corrected chi connectivity index (χ3v) is 0. The van der Waals surface area contributed by atoms with Crippen molar-refractivity contribution < 1.29 is 10.0 Å². The van der Waals surface area contributed by atoms with E-state index in [2.05, 4.69) is 11.5 Å². The molecule has 0 saturated heterocycles. The van der Waals surface area contributed by atoms with Crippen molar-refractivity contribution in [3.8, 4) is 0 Å². The molecular formula is H2BBaClO2Pb. The molecule has 0 unspecified atom stereocenters. The van der Waals surface area contributed by atoms with E-state index in [1.807, 2.05) is 0 Å². The van der Waals surface area contributed by atoms with Crippen molar-refractivity contribution in [1.29, 1.82) is 0 Å². The van der Waals surface area contributed by atoms with Gasteiger partial charge in [0.1, 0.15) is 0 Å². The Balaban J connectivity index is -0.0000000450. The zero-order valence-electron chi connectivity index (χ0n) is 3.06. The average Bonchev–Trinajstić information content (AvgIpc) is 0.811. The van der Waals surface area contributed by atoms with Gasteiger partial charge in [0.25, 0.3) is 0 Å². The second-order valence-corrected chi connectivity index (χ2v) is 0.701. The summed E-state index contributed by atoms with van der Waals surface area (Å²) in [6.45, 7) is -1.69. The topological polar surface area (TPSA) is 40.5 Å². The number of rotatable bonds is 0. The molecule has 0 saturated carbocycles. The Morgan fingerprint density at radius 2 is 1.33 bits per heavy atom. The summed E-state index contributed by atoms with van der Waals surface area (Å²) in [4.78, 5) is 0. The van der Waals surface area contributed by atoms with Crippen LogP contribution in [0.2, 0.25) is 0 Å².